The van der Waals surface area contributed by atoms with E-state index in [4.69, 9.17) is 5.11 Å². The van der Waals surface area contributed by atoms with E-state index in [0.717, 1.165) is 0 Å². The van der Waals surface area contributed by atoms with Gasteiger partial charge in [-0.3, -0.25) is 4.79 Å². The maximum atomic E-state index is 13.4. The highest BCUT2D eigenvalue weighted by molar-refractivity contribution is 5.66. The van der Waals surface area contributed by atoms with Gasteiger partial charge in [-0.05, 0) is 6.07 Å². The van der Waals surface area contributed by atoms with E-state index in [2.05, 4.69) is 4.98 Å². The number of hydrogen-bond donors (Lipinski definition) is 1. The molecule has 1 heterocycles. The van der Waals surface area contributed by atoms with Crippen LogP contribution in [0.15, 0.2) is 36.8 Å². The van der Waals surface area contributed by atoms with Gasteiger partial charge < -0.3 is 9.67 Å². The van der Waals surface area contributed by atoms with E-state index in [-0.39, 0.29) is 12.2 Å². The van der Waals surface area contributed by atoms with Crippen LogP contribution in [0.5, 0.6) is 0 Å². The van der Waals surface area contributed by atoms with Gasteiger partial charge in [0.2, 0.25) is 0 Å². The second-order valence-corrected chi connectivity index (χ2v) is 4.02. The Hall–Kier alpha value is -2.17. The van der Waals surface area contributed by atoms with Crippen molar-refractivity contribution < 1.29 is 14.3 Å². The molecular formula is C13H13FN2O2. The normalized spacial score (nSPS) is 10.5. The largest absolute Gasteiger partial charge is 0.481 e. The molecule has 0 atom stereocenters. The summed E-state index contributed by atoms with van der Waals surface area (Å²) >= 11 is 0. The number of aromatic nitrogens is 2. The van der Waals surface area contributed by atoms with Crippen molar-refractivity contribution in [3.8, 4) is 0 Å². The second kappa shape index (κ2) is 5.44. The van der Waals surface area contributed by atoms with Gasteiger partial charge in [0.25, 0.3) is 0 Å². The molecule has 1 aromatic heterocycles. The molecule has 0 bridgehead atoms. The van der Waals surface area contributed by atoms with Gasteiger partial charge in [-0.2, -0.15) is 0 Å². The fourth-order valence-electron chi connectivity index (χ4n) is 1.68. The summed E-state index contributed by atoms with van der Waals surface area (Å²) in [5, 5.41) is 8.57. The number of carboxylic acids is 1. The van der Waals surface area contributed by atoms with E-state index < -0.39 is 5.97 Å². The lowest BCUT2D eigenvalue weighted by Crippen LogP contribution is -1.99. The molecule has 0 radical (unpaired) electrons. The number of imidazole rings is 1. The van der Waals surface area contributed by atoms with E-state index in [1.807, 2.05) is 0 Å². The van der Waals surface area contributed by atoms with E-state index in [9.17, 15) is 9.18 Å². The Balaban J connectivity index is 2.02. The fraction of sp³-hybridized carbons (Fsp3) is 0.231. The van der Waals surface area contributed by atoms with Gasteiger partial charge in [-0.1, -0.05) is 18.2 Å². The summed E-state index contributed by atoms with van der Waals surface area (Å²) in [6.07, 6.45) is 3.77. The molecule has 1 aromatic carbocycles. The van der Waals surface area contributed by atoms with Crippen LogP contribution in [0.4, 0.5) is 4.39 Å². The Kier molecular flexibility index (Phi) is 3.72. The standard InChI is InChI=1S/C13H13FN2O2/c14-12-4-2-1-3-10(12)7-16-8-11(15-9-16)5-6-13(17)18/h1-4,8-9H,5-7H2,(H,17,18). The average molecular weight is 248 g/mol. The third kappa shape index (κ3) is 3.16. The topological polar surface area (TPSA) is 55.1 Å². The van der Waals surface area contributed by atoms with E-state index in [1.165, 1.54) is 6.07 Å². The number of nitrogens with zero attached hydrogens (tertiary/aromatic N) is 2. The van der Waals surface area contributed by atoms with Crippen molar-refractivity contribution in [2.75, 3.05) is 0 Å². The minimum absolute atomic E-state index is 0.0523. The summed E-state index contributed by atoms with van der Waals surface area (Å²) in [5.74, 6) is -1.10. The molecule has 4 nitrogen and oxygen atoms in total. The summed E-state index contributed by atoms with van der Waals surface area (Å²) < 4.78 is 15.2. The lowest BCUT2D eigenvalue weighted by molar-refractivity contribution is -0.136. The highest BCUT2D eigenvalue weighted by atomic mass is 19.1. The summed E-state index contributed by atoms with van der Waals surface area (Å²) in [5.41, 5.74) is 1.29. The number of hydrogen-bond acceptors (Lipinski definition) is 2. The molecule has 0 amide bonds. The molecule has 0 spiro atoms. The monoisotopic (exact) mass is 248 g/mol. The van der Waals surface area contributed by atoms with Gasteiger partial charge in [-0.15, -0.1) is 0 Å². The van der Waals surface area contributed by atoms with Crippen LogP contribution in [0.1, 0.15) is 17.7 Å². The summed E-state index contributed by atoms with van der Waals surface area (Å²) in [6.45, 7) is 0.396. The van der Waals surface area contributed by atoms with Crippen LogP contribution in [-0.4, -0.2) is 20.6 Å². The average Bonchev–Trinajstić information content (AvgIpc) is 2.77. The fourth-order valence-corrected chi connectivity index (χ4v) is 1.68. The first-order valence-corrected chi connectivity index (χ1v) is 5.61. The molecule has 0 unspecified atom stereocenters. The molecule has 0 aliphatic heterocycles. The van der Waals surface area contributed by atoms with Crippen molar-refractivity contribution in [3.63, 3.8) is 0 Å². The zero-order valence-electron chi connectivity index (χ0n) is 9.71. The number of carbonyl (C=O) groups is 1. The zero-order valence-corrected chi connectivity index (χ0v) is 9.71. The predicted molar refractivity (Wildman–Crippen MR) is 63.7 cm³/mol. The van der Waals surface area contributed by atoms with Gasteiger partial charge >= 0.3 is 5.97 Å². The number of benzene rings is 1. The van der Waals surface area contributed by atoms with Gasteiger partial charge in [0, 0.05) is 18.2 Å². The third-order valence-corrected chi connectivity index (χ3v) is 2.59. The minimum Gasteiger partial charge on any atom is -0.481 e. The number of rotatable bonds is 5. The Morgan fingerprint density at radius 3 is 2.89 bits per heavy atom. The SMILES string of the molecule is O=C(O)CCc1cn(Cc2ccccc2F)cn1. The molecule has 94 valence electrons. The van der Waals surface area contributed by atoms with Crippen molar-refractivity contribution in [3.05, 3.63) is 53.9 Å². The van der Waals surface area contributed by atoms with Gasteiger partial charge in [0.1, 0.15) is 5.82 Å². The molecule has 18 heavy (non-hydrogen) atoms. The van der Waals surface area contributed by atoms with Crippen LogP contribution in [0, 0.1) is 5.82 Å². The Bertz CT molecular complexity index is 551. The van der Waals surface area contributed by atoms with Crippen molar-refractivity contribution in [2.24, 2.45) is 0 Å². The molecule has 0 aliphatic rings. The maximum absolute atomic E-state index is 13.4. The molecule has 0 saturated carbocycles. The van der Waals surface area contributed by atoms with Crippen LogP contribution in [-0.2, 0) is 17.8 Å². The highest BCUT2D eigenvalue weighted by Crippen LogP contribution is 2.09. The first kappa shape index (κ1) is 12.3. The van der Waals surface area contributed by atoms with Crippen molar-refractivity contribution >= 4 is 5.97 Å². The maximum Gasteiger partial charge on any atom is 0.303 e. The molecular weight excluding hydrogens is 235 g/mol. The van der Waals surface area contributed by atoms with Crippen molar-refractivity contribution in [1.82, 2.24) is 9.55 Å². The molecule has 0 saturated heterocycles. The van der Waals surface area contributed by atoms with Crippen LogP contribution in [0.25, 0.3) is 0 Å². The summed E-state index contributed by atoms with van der Waals surface area (Å²) in [7, 11) is 0. The smallest absolute Gasteiger partial charge is 0.303 e. The quantitative estimate of drug-likeness (QED) is 0.881. The molecule has 0 aliphatic carbocycles. The van der Waals surface area contributed by atoms with E-state index in [0.29, 0.717) is 24.2 Å². The molecule has 0 fully saturated rings. The van der Waals surface area contributed by atoms with Gasteiger partial charge in [0.15, 0.2) is 0 Å². The van der Waals surface area contributed by atoms with Crippen LogP contribution in [0.3, 0.4) is 0 Å². The lowest BCUT2D eigenvalue weighted by Gasteiger charge is -2.03. The Labute approximate surface area is 104 Å². The third-order valence-electron chi connectivity index (χ3n) is 2.59. The van der Waals surface area contributed by atoms with Crippen LogP contribution < -0.4 is 0 Å². The predicted octanol–water partition coefficient (Wildman–Crippen LogP) is 2.09. The number of carboxylic acid groups (broad SMARTS) is 1. The Morgan fingerprint density at radius 2 is 2.17 bits per heavy atom. The Morgan fingerprint density at radius 1 is 1.39 bits per heavy atom. The van der Waals surface area contributed by atoms with Gasteiger partial charge in [0.05, 0.1) is 25.0 Å². The highest BCUT2D eigenvalue weighted by Gasteiger charge is 2.05. The van der Waals surface area contributed by atoms with E-state index >= 15 is 0 Å². The number of aliphatic carboxylic acids is 1. The second-order valence-electron chi connectivity index (χ2n) is 4.02. The number of halogens is 1. The molecule has 2 aromatic rings. The van der Waals surface area contributed by atoms with Gasteiger partial charge in [-0.25, -0.2) is 9.37 Å². The number of aryl methyl sites for hydroxylation is 1. The molecule has 2 rings (SSSR count). The molecule has 1 N–H and O–H groups in total. The first-order valence-electron chi connectivity index (χ1n) is 5.61. The van der Waals surface area contributed by atoms with Crippen LogP contribution in [0.2, 0.25) is 0 Å². The lowest BCUT2D eigenvalue weighted by atomic mass is 10.2. The minimum atomic E-state index is -0.848. The summed E-state index contributed by atoms with van der Waals surface area (Å²) in [4.78, 5) is 14.5. The zero-order chi connectivity index (χ0) is 13.0. The van der Waals surface area contributed by atoms with E-state index in [1.54, 1.807) is 35.3 Å². The molecule has 5 heteroatoms. The summed E-state index contributed by atoms with van der Waals surface area (Å²) in [6, 6.07) is 6.55. The van der Waals surface area contributed by atoms with Crippen molar-refractivity contribution in [1.29, 1.82) is 0 Å². The van der Waals surface area contributed by atoms with Crippen LogP contribution >= 0.6 is 0 Å². The first-order chi connectivity index (χ1) is 8.65. The van der Waals surface area contributed by atoms with Crippen molar-refractivity contribution in [2.45, 2.75) is 19.4 Å².